The molecule has 94 valence electrons. The minimum absolute atomic E-state index is 0.461. The monoisotopic (exact) mass is 299 g/mol. The van der Waals surface area contributed by atoms with Crippen LogP contribution in [0.2, 0.25) is 0 Å². The van der Waals surface area contributed by atoms with E-state index in [-0.39, 0.29) is 0 Å². The fourth-order valence-corrected chi connectivity index (χ4v) is 3.31. The number of benzene rings is 1. The number of rotatable bonds is 4. The van der Waals surface area contributed by atoms with Crippen LogP contribution in [0.15, 0.2) is 16.6 Å². The average molecular weight is 300 g/mol. The second-order valence-corrected chi connectivity index (χ2v) is 5.37. The molecule has 0 atom stereocenters. The fraction of sp³-hybridized carbons (Fsp3) is 0.538. The topological polar surface area (TPSA) is 41.5 Å². The SMILES string of the molecule is COc1c(Br)cc(CNO)cc1C1CCCC1. The number of halogens is 1. The molecule has 1 aliphatic carbocycles. The molecule has 0 saturated heterocycles. The molecule has 0 spiro atoms. The van der Waals surface area contributed by atoms with Crippen LogP contribution >= 0.6 is 15.9 Å². The molecular formula is C13H18BrNO2. The minimum Gasteiger partial charge on any atom is -0.495 e. The van der Waals surface area contributed by atoms with Gasteiger partial charge in [-0.15, -0.1) is 0 Å². The molecule has 1 aromatic rings. The number of methoxy groups -OCH3 is 1. The number of ether oxygens (including phenoxy) is 1. The van der Waals surface area contributed by atoms with Crippen molar-refractivity contribution in [3.8, 4) is 5.75 Å². The summed E-state index contributed by atoms with van der Waals surface area (Å²) in [6, 6.07) is 4.13. The van der Waals surface area contributed by atoms with Gasteiger partial charge in [0.25, 0.3) is 0 Å². The maximum atomic E-state index is 8.80. The van der Waals surface area contributed by atoms with Crippen LogP contribution < -0.4 is 10.2 Å². The standard InChI is InChI=1S/C13H18BrNO2/c1-17-13-11(10-4-2-3-5-10)6-9(8-15-16)7-12(13)14/h6-7,10,15-16H,2-5,8H2,1H3. The van der Waals surface area contributed by atoms with Crippen molar-refractivity contribution >= 4 is 15.9 Å². The van der Waals surface area contributed by atoms with Gasteiger partial charge >= 0.3 is 0 Å². The second-order valence-electron chi connectivity index (χ2n) is 4.52. The minimum atomic E-state index is 0.461. The summed E-state index contributed by atoms with van der Waals surface area (Å²) in [4.78, 5) is 0. The normalized spacial score (nSPS) is 16.4. The van der Waals surface area contributed by atoms with E-state index < -0.39 is 0 Å². The van der Waals surface area contributed by atoms with Crippen molar-refractivity contribution in [1.82, 2.24) is 5.48 Å². The molecule has 0 radical (unpaired) electrons. The van der Waals surface area contributed by atoms with Gasteiger partial charge in [-0.2, -0.15) is 0 Å². The third-order valence-corrected chi connectivity index (χ3v) is 4.00. The van der Waals surface area contributed by atoms with E-state index in [1.807, 2.05) is 6.07 Å². The molecular weight excluding hydrogens is 282 g/mol. The first-order valence-electron chi connectivity index (χ1n) is 5.99. The van der Waals surface area contributed by atoms with Gasteiger partial charge in [-0.25, -0.2) is 5.48 Å². The Bertz CT molecular complexity index is 389. The van der Waals surface area contributed by atoms with Crippen LogP contribution in [0.5, 0.6) is 5.75 Å². The van der Waals surface area contributed by atoms with Crippen molar-refractivity contribution in [2.24, 2.45) is 0 Å². The zero-order valence-corrected chi connectivity index (χ0v) is 11.6. The Morgan fingerprint density at radius 1 is 1.41 bits per heavy atom. The predicted octanol–water partition coefficient (Wildman–Crippen LogP) is 3.59. The van der Waals surface area contributed by atoms with Crippen LogP contribution in [0.3, 0.4) is 0 Å². The summed E-state index contributed by atoms with van der Waals surface area (Å²) in [6.45, 7) is 0.461. The Kier molecular flexibility index (Phi) is 4.42. The van der Waals surface area contributed by atoms with Gasteiger partial charge in [-0.3, -0.25) is 0 Å². The van der Waals surface area contributed by atoms with E-state index >= 15 is 0 Å². The fourth-order valence-electron chi connectivity index (χ4n) is 2.62. The van der Waals surface area contributed by atoms with Crippen molar-refractivity contribution in [3.05, 3.63) is 27.7 Å². The zero-order chi connectivity index (χ0) is 12.3. The molecule has 1 saturated carbocycles. The number of nitrogens with one attached hydrogen (secondary N) is 1. The summed E-state index contributed by atoms with van der Waals surface area (Å²) in [5.41, 5.74) is 4.54. The quantitative estimate of drug-likeness (QED) is 0.835. The van der Waals surface area contributed by atoms with Gasteiger partial charge < -0.3 is 9.94 Å². The van der Waals surface area contributed by atoms with Crippen LogP contribution in [0.4, 0.5) is 0 Å². The molecule has 0 aromatic heterocycles. The molecule has 0 aliphatic heterocycles. The van der Waals surface area contributed by atoms with Gasteiger partial charge in [0.1, 0.15) is 5.75 Å². The van der Waals surface area contributed by atoms with Gasteiger partial charge in [0.2, 0.25) is 0 Å². The highest BCUT2D eigenvalue weighted by Crippen LogP contribution is 2.42. The van der Waals surface area contributed by atoms with Crippen LogP contribution in [-0.2, 0) is 6.54 Å². The first-order chi connectivity index (χ1) is 8.26. The zero-order valence-electron chi connectivity index (χ0n) is 10.0. The van der Waals surface area contributed by atoms with Crippen LogP contribution in [0.25, 0.3) is 0 Å². The average Bonchev–Trinajstić information content (AvgIpc) is 2.82. The molecule has 1 fully saturated rings. The lowest BCUT2D eigenvalue weighted by molar-refractivity contribution is 0.161. The predicted molar refractivity (Wildman–Crippen MR) is 70.5 cm³/mol. The van der Waals surface area contributed by atoms with Gasteiger partial charge in [-0.05, 0) is 51.9 Å². The Balaban J connectivity index is 2.37. The number of hydrogen-bond acceptors (Lipinski definition) is 3. The van der Waals surface area contributed by atoms with E-state index in [9.17, 15) is 0 Å². The molecule has 2 N–H and O–H groups in total. The lowest BCUT2D eigenvalue weighted by Gasteiger charge is -2.17. The molecule has 1 aliphatic rings. The molecule has 0 heterocycles. The summed E-state index contributed by atoms with van der Waals surface area (Å²) >= 11 is 3.54. The van der Waals surface area contributed by atoms with Gasteiger partial charge in [0.15, 0.2) is 0 Å². The Hall–Kier alpha value is -0.580. The smallest absolute Gasteiger partial charge is 0.136 e. The summed E-state index contributed by atoms with van der Waals surface area (Å²) in [5.74, 6) is 1.54. The Morgan fingerprint density at radius 2 is 2.12 bits per heavy atom. The molecule has 1 aromatic carbocycles. The maximum Gasteiger partial charge on any atom is 0.136 e. The highest BCUT2D eigenvalue weighted by Gasteiger charge is 2.22. The summed E-state index contributed by atoms with van der Waals surface area (Å²) in [6.07, 6.45) is 5.07. The van der Waals surface area contributed by atoms with Crippen molar-refractivity contribution in [3.63, 3.8) is 0 Å². The Labute approximate surface area is 110 Å². The maximum absolute atomic E-state index is 8.80. The first-order valence-corrected chi connectivity index (χ1v) is 6.78. The van der Waals surface area contributed by atoms with Crippen molar-refractivity contribution in [2.45, 2.75) is 38.1 Å². The van der Waals surface area contributed by atoms with Crippen molar-refractivity contribution < 1.29 is 9.94 Å². The van der Waals surface area contributed by atoms with Crippen LogP contribution in [0.1, 0.15) is 42.7 Å². The van der Waals surface area contributed by atoms with E-state index in [1.165, 1.54) is 31.2 Å². The van der Waals surface area contributed by atoms with Gasteiger partial charge in [-0.1, -0.05) is 18.9 Å². The third kappa shape index (κ3) is 2.81. The first kappa shape index (κ1) is 12.9. The molecule has 4 heteroatoms. The van der Waals surface area contributed by atoms with Crippen LogP contribution in [0, 0.1) is 0 Å². The molecule has 0 bridgehead atoms. The van der Waals surface area contributed by atoms with E-state index in [1.54, 1.807) is 7.11 Å². The summed E-state index contributed by atoms with van der Waals surface area (Å²) in [7, 11) is 1.71. The van der Waals surface area contributed by atoms with E-state index in [4.69, 9.17) is 9.94 Å². The lowest BCUT2D eigenvalue weighted by Crippen LogP contribution is -2.08. The largest absolute Gasteiger partial charge is 0.495 e. The molecule has 0 unspecified atom stereocenters. The summed E-state index contributed by atoms with van der Waals surface area (Å²) in [5, 5.41) is 8.80. The lowest BCUT2D eigenvalue weighted by atomic mass is 9.95. The number of hydrogen-bond donors (Lipinski definition) is 2. The highest BCUT2D eigenvalue weighted by molar-refractivity contribution is 9.10. The van der Waals surface area contributed by atoms with Gasteiger partial charge in [0.05, 0.1) is 11.6 Å². The van der Waals surface area contributed by atoms with Crippen LogP contribution in [-0.4, -0.2) is 12.3 Å². The van der Waals surface area contributed by atoms with E-state index in [0.717, 1.165) is 15.8 Å². The van der Waals surface area contributed by atoms with Gasteiger partial charge in [0, 0.05) is 6.54 Å². The third-order valence-electron chi connectivity index (χ3n) is 3.41. The molecule has 17 heavy (non-hydrogen) atoms. The van der Waals surface area contributed by atoms with Crippen molar-refractivity contribution in [1.29, 1.82) is 0 Å². The molecule has 2 rings (SSSR count). The summed E-state index contributed by atoms with van der Waals surface area (Å²) < 4.78 is 6.46. The second kappa shape index (κ2) is 5.85. The Morgan fingerprint density at radius 3 is 2.71 bits per heavy atom. The van der Waals surface area contributed by atoms with E-state index in [0.29, 0.717) is 12.5 Å². The number of hydroxylamine groups is 1. The molecule has 0 amide bonds. The molecule has 3 nitrogen and oxygen atoms in total. The van der Waals surface area contributed by atoms with E-state index in [2.05, 4.69) is 27.5 Å². The van der Waals surface area contributed by atoms with Crippen molar-refractivity contribution in [2.75, 3.05) is 7.11 Å². The highest BCUT2D eigenvalue weighted by atomic mass is 79.9.